The zero-order valence-corrected chi connectivity index (χ0v) is 11.6. The van der Waals surface area contributed by atoms with Crippen LogP contribution in [0.4, 0.5) is 0 Å². The van der Waals surface area contributed by atoms with E-state index in [0.29, 0.717) is 6.04 Å². The first-order chi connectivity index (χ1) is 8.30. The minimum atomic E-state index is -0.106. The normalized spacial score (nSPS) is 21.4. The fraction of sp³-hybridized carbons (Fsp3) is 1.00. The minimum absolute atomic E-state index is 0.106. The second-order valence-corrected chi connectivity index (χ2v) is 4.81. The molecule has 1 aliphatic heterocycles. The molecule has 0 spiro atoms. The van der Waals surface area contributed by atoms with Gasteiger partial charge in [0.05, 0.1) is 0 Å². The molecular weight excluding hydrogens is 216 g/mol. The third-order valence-electron chi connectivity index (χ3n) is 3.36. The highest BCUT2D eigenvalue weighted by Crippen LogP contribution is 2.09. The molecule has 0 aromatic rings. The Labute approximate surface area is 106 Å². The van der Waals surface area contributed by atoms with Crippen LogP contribution in [0, 0.1) is 0 Å². The van der Waals surface area contributed by atoms with Gasteiger partial charge < -0.3 is 14.8 Å². The zero-order chi connectivity index (χ0) is 12.5. The van der Waals surface area contributed by atoms with Crippen molar-refractivity contribution >= 4 is 0 Å². The molecule has 1 aliphatic rings. The lowest BCUT2D eigenvalue weighted by atomic mass is 10.0. The molecule has 1 atom stereocenters. The molecule has 0 radical (unpaired) electrons. The van der Waals surface area contributed by atoms with Crippen LogP contribution in [-0.4, -0.2) is 57.6 Å². The van der Waals surface area contributed by atoms with E-state index >= 15 is 0 Å². The van der Waals surface area contributed by atoms with E-state index in [-0.39, 0.29) is 6.29 Å². The summed E-state index contributed by atoms with van der Waals surface area (Å²) in [7, 11) is 3.41. The molecule has 1 heterocycles. The summed E-state index contributed by atoms with van der Waals surface area (Å²) in [5, 5.41) is 3.59. The molecule has 1 N–H and O–H groups in total. The van der Waals surface area contributed by atoms with Crippen molar-refractivity contribution < 1.29 is 9.47 Å². The van der Waals surface area contributed by atoms with Gasteiger partial charge in [-0.15, -0.1) is 0 Å². The average Bonchev–Trinajstić information content (AvgIpc) is 2.37. The number of nitrogens with one attached hydrogen (secondary N) is 1. The summed E-state index contributed by atoms with van der Waals surface area (Å²) >= 11 is 0. The summed E-state index contributed by atoms with van der Waals surface area (Å²) in [5.74, 6) is 0. The number of methoxy groups -OCH3 is 2. The monoisotopic (exact) mass is 244 g/mol. The van der Waals surface area contributed by atoms with Crippen molar-refractivity contribution in [2.24, 2.45) is 0 Å². The van der Waals surface area contributed by atoms with Gasteiger partial charge in [-0.25, -0.2) is 0 Å². The number of piperidine rings is 1. The van der Waals surface area contributed by atoms with Gasteiger partial charge in [-0.1, -0.05) is 13.3 Å². The van der Waals surface area contributed by atoms with E-state index in [0.717, 1.165) is 19.6 Å². The van der Waals surface area contributed by atoms with Gasteiger partial charge >= 0.3 is 0 Å². The van der Waals surface area contributed by atoms with Gasteiger partial charge in [0.2, 0.25) is 0 Å². The van der Waals surface area contributed by atoms with Crippen LogP contribution < -0.4 is 5.32 Å². The van der Waals surface area contributed by atoms with Gasteiger partial charge in [0.25, 0.3) is 0 Å². The molecule has 0 saturated carbocycles. The molecule has 0 aliphatic carbocycles. The highest BCUT2D eigenvalue weighted by molar-refractivity contribution is 4.76. The summed E-state index contributed by atoms with van der Waals surface area (Å²) in [5.41, 5.74) is 0. The Morgan fingerprint density at radius 1 is 1.29 bits per heavy atom. The first-order valence-corrected chi connectivity index (χ1v) is 6.81. The molecule has 1 unspecified atom stereocenters. The molecule has 1 saturated heterocycles. The highest BCUT2D eigenvalue weighted by Gasteiger charge is 2.18. The Hall–Kier alpha value is -0.160. The van der Waals surface area contributed by atoms with Gasteiger partial charge in [0, 0.05) is 33.4 Å². The Bertz CT molecular complexity index is 180. The van der Waals surface area contributed by atoms with Crippen LogP contribution in [0.2, 0.25) is 0 Å². The molecule has 0 amide bonds. The summed E-state index contributed by atoms with van der Waals surface area (Å²) in [6, 6.07) is 0.643. The molecule has 0 bridgehead atoms. The van der Waals surface area contributed by atoms with Crippen molar-refractivity contribution in [2.75, 3.05) is 40.4 Å². The van der Waals surface area contributed by atoms with Crippen molar-refractivity contribution in [1.29, 1.82) is 0 Å². The van der Waals surface area contributed by atoms with E-state index in [1.165, 1.54) is 32.2 Å². The third kappa shape index (κ3) is 5.82. The lowest BCUT2D eigenvalue weighted by molar-refractivity contribution is -0.117. The molecule has 102 valence electrons. The lowest BCUT2D eigenvalue weighted by Gasteiger charge is -2.32. The summed E-state index contributed by atoms with van der Waals surface area (Å²) < 4.78 is 10.6. The highest BCUT2D eigenvalue weighted by atomic mass is 16.7. The number of rotatable bonds is 8. The van der Waals surface area contributed by atoms with E-state index in [1.54, 1.807) is 14.2 Å². The van der Waals surface area contributed by atoms with Crippen molar-refractivity contribution in [3.63, 3.8) is 0 Å². The number of ether oxygens (including phenoxy) is 2. The van der Waals surface area contributed by atoms with Gasteiger partial charge in [0.1, 0.15) is 0 Å². The van der Waals surface area contributed by atoms with Crippen LogP contribution in [-0.2, 0) is 9.47 Å². The van der Waals surface area contributed by atoms with Crippen LogP contribution in [0.15, 0.2) is 0 Å². The molecule has 0 aromatic carbocycles. The molecule has 4 nitrogen and oxygen atoms in total. The smallest absolute Gasteiger partial charge is 0.169 e. The molecule has 4 heteroatoms. The summed E-state index contributed by atoms with van der Waals surface area (Å²) in [4.78, 5) is 2.45. The van der Waals surface area contributed by atoms with Gasteiger partial charge in [0.15, 0.2) is 6.29 Å². The van der Waals surface area contributed by atoms with Crippen LogP contribution in [0.25, 0.3) is 0 Å². The first-order valence-electron chi connectivity index (χ1n) is 6.81. The second kappa shape index (κ2) is 8.86. The molecule has 1 rings (SSSR count). The largest absolute Gasteiger partial charge is 0.355 e. The van der Waals surface area contributed by atoms with Gasteiger partial charge in [-0.2, -0.15) is 0 Å². The van der Waals surface area contributed by atoms with E-state index in [1.807, 2.05) is 0 Å². The number of hydrogen-bond acceptors (Lipinski definition) is 4. The first kappa shape index (κ1) is 14.9. The number of hydrogen-bond donors (Lipinski definition) is 1. The average molecular weight is 244 g/mol. The second-order valence-electron chi connectivity index (χ2n) is 4.81. The standard InChI is InChI=1S/C13H28N2O2/c1-4-9-15(11-13(16-2)17-3)10-12-7-5-6-8-14-12/h12-14H,4-11H2,1-3H3. The molecule has 1 fully saturated rings. The summed E-state index contributed by atoms with van der Waals surface area (Å²) in [6.07, 6.45) is 5.04. The minimum Gasteiger partial charge on any atom is -0.355 e. The van der Waals surface area contributed by atoms with Crippen molar-refractivity contribution in [1.82, 2.24) is 10.2 Å². The predicted octanol–water partition coefficient (Wildman–Crippen LogP) is 1.46. The Balaban J connectivity index is 2.35. The van der Waals surface area contributed by atoms with E-state index < -0.39 is 0 Å². The molecule has 0 aromatic heterocycles. The van der Waals surface area contributed by atoms with Crippen molar-refractivity contribution in [3.05, 3.63) is 0 Å². The topological polar surface area (TPSA) is 33.7 Å². The van der Waals surface area contributed by atoms with Crippen LogP contribution in [0.1, 0.15) is 32.6 Å². The SMILES string of the molecule is CCCN(CC1CCCCN1)CC(OC)OC. The van der Waals surface area contributed by atoms with Crippen molar-refractivity contribution in [2.45, 2.75) is 44.9 Å². The molecular formula is C13H28N2O2. The van der Waals surface area contributed by atoms with Gasteiger partial charge in [-0.05, 0) is 32.4 Å². The maximum atomic E-state index is 5.28. The molecule has 17 heavy (non-hydrogen) atoms. The van der Waals surface area contributed by atoms with E-state index in [4.69, 9.17) is 9.47 Å². The van der Waals surface area contributed by atoms with Crippen LogP contribution in [0.3, 0.4) is 0 Å². The maximum absolute atomic E-state index is 5.28. The Morgan fingerprint density at radius 2 is 2.06 bits per heavy atom. The number of nitrogens with zero attached hydrogens (tertiary/aromatic N) is 1. The zero-order valence-electron chi connectivity index (χ0n) is 11.6. The van der Waals surface area contributed by atoms with E-state index in [2.05, 4.69) is 17.1 Å². The van der Waals surface area contributed by atoms with Crippen LogP contribution >= 0.6 is 0 Å². The van der Waals surface area contributed by atoms with E-state index in [9.17, 15) is 0 Å². The lowest BCUT2D eigenvalue weighted by Crippen LogP contribution is -2.46. The Morgan fingerprint density at radius 3 is 2.59 bits per heavy atom. The maximum Gasteiger partial charge on any atom is 0.169 e. The van der Waals surface area contributed by atoms with Gasteiger partial charge in [-0.3, -0.25) is 4.90 Å². The third-order valence-corrected chi connectivity index (χ3v) is 3.36. The summed E-state index contributed by atoms with van der Waals surface area (Å²) in [6.45, 7) is 6.47. The quantitative estimate of drug-likeness (QED) is 0.655. The Kier molecular flexibility index (Phi) is 7.77. The predicted molar refractivity (Wildman–Crippen MR) is 70.2 cm³/mol. The fourth-order valence-corrected chi connectivity index (χ4v) is 2.42. The fourth-order valence-electron chi connectivity index (χ4n) is 2.42. The van der Waals surface area contributed by atoms with Crippen LogP contribution in [0.5, 0.6) is 0 Å². The van der Waals surface area contributed by atoms with Crippen molar-refractivity contribution in [3.8, 4) is 0 Å².